The van der Waals surface area contributed by atoms with Gasteiger partial charge in [-0.05, 0) is 63.9 Å². The Morgan fingerprint density at radius 3 is 2.26 bits per heavy atom. The zero-order chi connectivity index (χ0) is 24.3. The van der Waals surface area contributed by atoms with Crippen molar-refractivity contribution in [2.45, 2.75) is 44.9 Å². The normalized spacial score (nSPS) is 14.7. The number of hydrogen-bond acceptors (Lipinski definition) is 7. The highest BCUT2D eigenvalue weighted by atomic mass is 32.2. The molecule has 1 aliphatic rings. The van der Waals surface area contributed by atoms with Gasteiger partial charge >= 0.3 is 0 Å². The van der Waals surface area contributed by atoms with Gasteiger partial charge in [-0.2, -0.15) is 14.1 Å². The van der Waals surface area contributed by atoms with Crippen LogP contribution in [0, 0.1) is 20.8 Å². The number of carbonyl (C=O) groups excluding carboxylic acids is 1. The van der Waals surface area contributed by atoms with E-state index >= 15 is 0 Å². The molecule has 2 aromatic heterocycles. The summed E-state index contributed by atoms with van der Waals surface area (Å²) in [6.07, 6.45) is 2.81. The first-order valence-corrected chi connectivity index (χ1v) is 12.6. The summed E-state index contributed by atoms with van der Waals surface area (Å²) in [5.74, 6) is 0.803. The third-order valence-corrected chi connectivity index (χ3v) is 7.32. The second kappa shape index (κ2) is 9.90. The van der Waals surface area contributed by atoms with E-state index in [2.05, 4.69) is 20.4 Å². The van der Waals surface area contributed by atoms with Crippen molar-refractivity contribution < 1.29 is 17.9 Å². The molecule has 180 valence electrons. The van der Waals surface area contributed by atoms with E-state index < -0.39 is 15.9 Å². The first-order valence-electron chi connectivity index (χ1n) is 11.1. The Labute approximate surface area is 199 Å². The molecule has 34 heavy (non-hydrogen) atoms. The van der Waals surface area contributed by atoms with Crippen LogP contribution in [-0.4, -0.2) is 58.1 Å². The summed E-state index contributed by atoms with van der Waals surface area (Å²) in [5, 5.41) is 7.15. The lowest BCUT2D eigenvalue weighted by molar-refractivity contribution is -0.118. The quantitative estimate of drug-likeness (QED) is 0.548. The SMILES string of the molecule is Cc1cc(C)nc(-n2nc(C)cc2NC(=O)COc2ccc(S(=O)(=O)N3CCCCC3)cc2)n1. The lowest BCUT2D eigenvalue weighted by Gasteiger charge is -2.25. The lowest BCUT2D eigenvalue weighted by Crippen LogP contribution is -2.35. The van der Waals surface area contributed by atoms with Gasteiger partial charge in [-0.1, -0.05) is 6.42 Å². The Hall–Kier alpha value is -3.31. The number of sulfonamides is 1. The van der Waals surface area contributed by atoms with Crippen molar-refractivity contribution in [2.75, 3.05) is 25.0 Å². The fourth-order valence-corrected chi connectivity index (χ4v) is 5.35. The number of amides is 1. The zero-order valence-electron chi connectivity index (χ0n) is 19.5. The summed E-state index contributed by atoms with van der Waals surface area (Å²) in [5.41, 5.74) is 2.29. The standard InChI is InChI=1S/C23H28N6O4S/c1-16-13-17(2)25-23(24-16)29-21(14-18(3)27-29)26-22(30)15-33-19-7-9-20(10-8-19)34(31,32)28-11-5-4-6-12-28/h7-10,13-14H,4-6,11-12,15H2,1-3H3,(H,26,30). The molecule has 0 spiro atoms. The zero-order valence-corrected chi connectivity index (χ0v) is 20.3. The molecule has 0 atom stereocenters. The molecule has 4 rings (SSSR count). The second-order valence-electron chi connectivity index (χ2n) is 8.31. The molecule has 0 unspecified atom stereocenters. The molecule has 3 aromatic rings. The second-order valence-corrected chi connectivity index (χ2v) is 10.2. The van der Waals surface area contributed by atoms with Crippen LogP contribution in [0.25, 0.3) is 5.95 Å². The maximum Gasteiger partial charge on any atom is 0.263 e. The van der Waals surface area contributed by atoms with Crippen LogP contribution < -0.4 is 10.1 Å². The predicted octanol–water partition coefficient (Wildman–Crippen LogP) is 2.78. The summed E-state index contributed by atoms with van der Waals surface area (Å²) in [7, 11) is -3.51. The molecule has 1 amide bonds. The topological polar surface area (TPSA) is 119 Å². The van der Waals surface area contributed by atoms with Crippen LogP contribution in [0.5, 0.6) is 5.75 Å². The van der Waals surface area contributed by atoms with E-state index in [1.165, 1.54) is 21.1 Å². The van der Waals surface area contributed by atoms with Crippen molar-refractivity contribution in [3.05, 3.63) is 53.5 Å². The number of anilines is 1. The van der Waals surface area contributed by atoms with E-state index in [0.29, 0.717) is 36.3 Å². The van der Waals surface area contributed by atoms with E-state index in [1.807, 2.05) is 26.8 Å². The minimum absolute atomic E-state index is 0.221. The minimum atomic E-state index is -3.51. The minimum Gasteiger partial charge on any atom is -0.484 e. The summed E-state index contributed by atoms with van der Waals surface area (Å²) >= 11 is 0. The molecule has 1 saturated heterocycles. The van der Waals surface area contributed by atoms with Crippen LogP contribution in [0.4, 0.5) is 5.82 Å². The van der Waals surface area contributed by atoms with Gasteiger partial charge in [-0.25, -0.2) is 18.4 Å². The monoisotopic (exact) mass is 484 g/mol. The number of ether oxygens (including phenoxy) is 1. The van der Waals surface area contributed by atoms with Crippen molar-refractivity contribution in [3.63, 3.8) is 0 Å². The first kappa shape index (κ1) is 23.8. The summed E-state index contributed by atoms with van der Waals surface area (Å²) < 4.78 is 34.1. The molecular weight excluding hydrogens is 456 g/mol. The van der Waals surface area contributed by atoms with Crippen molar-refractivity contribution in [1.29, 1.82) is 0 Å². The molecule has 0 bridgehead atoms. The highest BCUT2D eigenvalue weighted by molar-refractivity contribution is 7.89. The first-order chi connectivity index (χ1) is 16.2. The van der Waals surface area contributed by atoms with Gasteiger partial charge in [0.2, 0.25) is 10.0 Å². The number of nitrogens with zero attached hydrogens (tertiary/aromatic N) is 5. The summed E-state index contributed by atoms with van der Waals surface area (Å²) in [6, 6.07) is 9.71. The Balaban J connectivity index is 1.39. The molecule has 1 N–H and O–H groups in total. The number of nitrogens with one attached hydrogen (secondary N) is 1. The number of hydrogen-bond donors (Lipinski definition) is 1. The van der Waals surface area contributed by atoms with Gasteiger partial charge in [-0.3, -0.25) is 4.79 Å². The Bertz CT molecular complexity index is 1260. The number of carbonyl (C=O) groups is 1. The lowest BCUT2D eigenvalue weighted by atomic mass is 10.2. The Kier molecular flexibility index (Phi) is 6.94. The van der Waals surface area contributed by atoms with Gasteiger partial charge in [0.15, 0.2) is 6.61 Å². The Morgan fingerprint density at radius 2 is 1.62 bits per heavy atom. The predicted molar refractivity (Wildman–Crippen MR) is 127 cm³/mol. The van der Waals surface area contributed by atoms with Crippen molar-refractivity contribution in [3.8, 4) is 11.7 Å². The van der Waals surface area contributed by atoms with Gasteiger partial charge in [0.05, 0.1) is 10.6 Å². The van der Waals surface area contributed by atoms with Crippen LogP contribution in [0.3, 0.4) is 0 Å². The Morgan fingerprint density at radius 1 is 0.971 bits per heavy atom. The van der Waals surface area contributed by atoms with Crippen molar-refractivity contribution in [1.82, 2.24) is 24.1 Å². The largest absolute Gasteiger partial charge is 0.484 e. The van der Waals surface area contributed by atoms with E-state index in [0.717, 1.165) is 30.7 Å². The molecule has 3 heterocycles. The van der Waals surface area contributed by atoms with Gasteiger partial charge in [0, 0.05) is 30.5 Å². The van der Waals surface area contributed by atoms with Crippen LogP contribution in [0.2, 0.25) is 0 Å². The molecule has 1 fully saturated rings. The number of piperidine rings is 1. The van der Waals surface area contributed by atoms with Gasteiger partial charge in [-0.15, -0.1) is 0 Å². The number of rotatable bonds is 7. The smallest absolute Gasteiger partial charge is 0.263 e. The maximum atomic E-state index is 12.8. The fourth-order valence-electron chi connectivity index (χ4n) is 3.83. The average Bonchev–Trinajstić information content (AvgIpc) is 3.18. The van der Waals surface area contributed by atoms with Crippen LogP contribution >= 0.6 is 0 Å². The molecule has 1 aliphatic heterocycles. The fraction of sp³-hybridized carbons (Fsp3) is 0.391. The van der Waals surface area contributed by atoms with Crippen LogP contribution in [-0.2, 0) is 14.8 Å². The third-order valence-electron chi connectivity index (χ3n) is 5.41. The van der Waals surface area contributed by atoms with E-state index in [4.69, 9.17) is 4.74 Å². The highest BCUT2D eigenvalue weighted by Crippen LogP contribution is 2.23. The van der Waals surface area contributed by atoms with E-state index in [-0.39, 0.29) is 11.5 Å². The summed E-state index contributed by atoms with van der Waals surface area (Å²) in [6.45, 7) is 6.38. The molecule has 10 nitrogen and oxygen atoms in total. The molecule has 1 aromatic carbocycles. The average molecular weight is 485 g/mol. The van der Waals surface area contributed by atoms with Gasteiger partial charge < -0.3 is 10.1 Å². The molecule has 11 heteroatoms. The highest BCUT2D eigenvalue weighted by Gasteiger charge is 2.25. The molecular formula is C23H28N6O4S. The van der Waals surface area contributed by atoms with Gasteiger partial charge in [0.25, 0.3) is 11.9 Å². The maximum absolute atomic E-state index is 12.8. The van der Waals surface area contributed by atoms with Crippen LogP contribution in [0.15, 0.2) is 41.3 Å². The molecule has 0 saturated carbocycles. The molecule has 0 radical (unpaired) electrons. The molecule has 0 aliphatic carbocycles. The van der Waals surface area contributed by atoms with Crippen LogP contribution in [0.1, 0.15) is 36.3 Å². The van der Waals surface area contributed by atoms with Crippen molar-refractivity contribution in [2.24, 2.45) is 0 Å². The van der Waals surface area contributed by atoms with E-state index in [9.17, 15) is 13.2 Å². The number of aromatic nitrogens is 4. The van der Waals surface area contributed by atoms with Crippen molar-refractivity contribution >= 4 is 21.7 Å². The third kappa shape index (κ3) is 5.42. The van der Waals surface area contributed by atoms with E-state index in [1.54, 1.807) is 18.2 Å². The van der Waals surface area contributed by atoms with Gasteiger partial charge in [0.1, 0.15) is 11.6 Å². The summed E-state index contributed by atoms with van der Waals surface area (Å²) in [4.78, 5) is 21.5. The number of aryl methyl sites for hydroxylation is 3. The number of benzene rings is 1.